The molecule has 0 unspecified atom stereocenters. The van der Waals surface area contributed by atoms with E-state index < -0.39 is 0 Å². The number of halogens is 2. The Hall–Kier alpha value is -2.08. The van der Waals surface area contributed by atoms with Crippen molar-refractivity contribution in [3.8, 4) is 17.3 Å². The Morgan fingerprint density at radius 3 is 2.64 bits per heavy atom. The maximum absolute atomic E-state index is 12.4. The largest absolute Gasteiger partial charge is 0.353 e. The summed E-state index contributed by atoms with van der Waals surface area (Å²) in [6.45, 7) is 2.69. The number of amides is 1. The van der Waals surface area contributed by atoms with E-state index in [1.165, 1.54) is 23.1 Å². The van der Waals surface area contributed by atoms with Crippen molar-refractivity contribution >= 4 is 52.2 Å². The Morgan fingerprint density at radius 1 is 1.18 bits per heavy atom. The topological polar surface area (TPSA) is 69.0 Å². The molecule has 1 aliphatic rings. The summed E-state index contributed by atoms with van der Waals surface area (Å²) in [5.41, 5.74) is 3.60. The van der Waals surface area contributed by atoms with Crippen molar-refractivity contribution in [1.29, 1.82) is 5.26 Å². The van der Waals surface area contributed by atoms with E-state index in [-0.39, 0.29) is 11.9 Å². The summed E-state index contributed by atoms with van der Waals surface area (Å²) in [5, 5.41) is 15.2. The van der Waals surface area contributed by atoms with Crippen molar-refractivity contribution in [2.75, 3.05) is 18.8 Å². The summed E-state index contributed by atoms with van der Waals surface area (Å²) in [7, 11) is 0. The third-order valence-electron chi connectivity index (χ3n) is 5.46. The smallest absolute Gasteiger partial charge is 0.230 e. The van der Waals surface area contributed by atoms with Crippen LogP contribution in [0.1, 0.15) is 24.0 Å². The molecule has 0 radical (unpaired) electrons. The van der Waals surface area contributed by atoms with Gasteiger partial charge in [0.05, 0.1) is 33.1 Å². The molecule has 0 saturated carbocycles. The van der Waals surface area contributed by atoms with Crippen LogP contribution in [0.2, 0.25) is 10.0 Å². The standard InChI is InChI=1S/C24H22Cl2N4OS2/c25-20-6-3-17(11-21(20)26)13-30-9-7-19(8-10-30)28-23(31)15-33-24-29-22(14-32-24)18-4-1-16(12-27)2-5-18/h1-6,11,14,19H,7-10,13,15H2,(H,28,31). The molecule has 1 aliphatic heterocycles. The summed E-state index contributed by atoms with van der Waals surface area (Å²) in [6.07, 6.45) is 1.86. The molecule has 0 bridgehead atoms. The van der Waals surface area contributed by atoms with E-state index in [1.54, 1.807) is 12.1 Å². The van der Waals surface area contributed by atoms with Gasteiger partial charge < -0.3 is 5.32 Å². The van der Waals surface area contributed by atoms with Gasteiger partial charge in [0.15, 0.2) is 4.34 Å². The lowest BCUT2D eigenvalue weighted by Gasteiger charge is -2.32. The fraction of sp³-hybridized carbons (Fsp3) is 0.292. The highest BCUT2D eigenvalue weighted by atomic mass is 35.5. The molecular formula is C24H22Cl2N4OS2. The molecule has 4 rings (SSSR count). The van der Waals surface area contributed by atoms with Gasteiger partial charge in [-0.25, -0.2) is 4.98 Å². The molecule has 33 heavy (non-hydrogen) atoms. The summed E-state index contributed by atoms with van der Waals surface area (Å²) < 4.78 is 0.862. The number of hydrogen-bond acceptors (Lipinski definition) is 6. The molecule has 1 amide bonds. The number of nitrogens with one attached hydrogen (secondary N) is 1. The lowest BCUT2D eigenvalue weighted by atomic mass is 10.0. The molecule has 170 valence electrons. The van der Waals surface area contributed by atoms with Gasteiger partial charge >= 0.3 is 0 Å². The summed E-state index contributed by atoms with van der Waals surface area (Å²) >= 11 is 15.1. The number of carbonyl (C=O) groups excluding carboxylic acids is 1. The third-order valence-corrected chi connectivity index (χ3v) is 8.22. The molecule has 1 saturated heterocycles. The Labute approximate surface area is 211 Å². The number of thiazole rings is 1. The zero-order valence-electron chi connectivity index (χ0n) is 17.8. The van der Waals surface area contributed by atoms with E-state index in [1.807, 2.05) is 35.7 Å². The van der Waals surface area contributed by atoms with Crippen LogP contribution in [0, 0.1) is 11.3 Å². The van der Waals surface area contributed by atoms with Crippen LogP contribution >= 0.6 is 46.3 Å². The number of likely N-dealkylation sites (tertiary alicyclic amines) is 1. The first-order valence-corrected chi connectivity index (χ1v) is 13.2. The van der Waals surface area contributed by atoms with Gasteiger partial charge in [-0.05, 0) is 42.7 Å². The van der Waals surface area contributed by atoms with Gasteiger partial charge in [0.2, 0.25) is 5.91 Å². The van der Waals surface area contributed by atoms with Crippen molar-refractivity contribution < 1.29 is 4.79 Å². The summed E-state index contributed by atoms with van der Waals surface area (Å²) in [4.78, 5) is 19.4. The number of rotatable bonds is 7. The van der Waals surface area contributed by atoms with Gasteiger partial charge in [0.25, 0.3) is 0 Å². The second-order valence-corrected chi connectivity index (χ2v) is 10.7. The normalized spacial score (nSPS) is 14.7. The number of nitriles is 1. The third kappa shape index (κ3) is 6.72. The van der Waals surface area contributed by atoms with Crippen LogP contribution in [0.25, 0.3) is 11.3 Å². The molecule has 1 aromatic heterocycles. The molecule has 9 heteroatoms. The van der Waals surface area contributed by atoms with E-state index in [9.17, 15) is 4.79 Å². The van der Waals surface area contributed by atoms with Crippen LogP contribution in [-0.4, -0.2) is 40.7 Å². The van der Waals surface area contributed by atoms with Crippen molar-refractivity contribution in [1.82, 2.24) is 15.2 Å². The average Bonchev–Trinajstić information content (AvgIpc) is 3.31. The number of piperidine rings is 1. The summed E-state index contributed by atoms with van der Waals surface area (Å²) in [6, 6.07) is 15.4. The first-order chi connectivity index (χ1) is 16.0. The second-order valence-electron chi connectivity index (χ2n) is 7.84. The van der Waals surface area contributed by atoms with Crippen LogP contribution in [0.3, 0.4) is 0 Å². The fourth-order valence-electron chi connectivity index (χ4n) is 3.70. The predicted octanol–water partition coefficient (Wildman–Crippen LogP) is 5.86. The second kappa shape index (κ2) is 11.4. The first kappa shape index (κ1) is 24.1. The van der Waals surface area contributed by atoms with Crippen molar-refractivity contribution in [2.24, 2.45) is 0 Å². The Kier molecular flexibility index (Phi) is 8.29. The SMILES string of the molecule is N#Cc1ccc(-c2csc(SCC(=O)NC3CCN(Cc4ccc(Cl)c(Cl)c4)CC3)n2)cc1. The number of thioether (sulfide) groups is 1. The van der Waals surface area contributed by atoms with Crippen molar-refractivity contribution in [3.63, 3.8) is 0 Å². The molecule has 5 nitrogen and oxygen atoms in total. The molecule has 2 aromatic carbocycles. The van der Waals surface area contributed by atoms with E-state index in [0.29, 0.717) is 21.4 Å². The van der Waals surface area contributed by atoms with E-state index in [2.05, 4.69) is 21.3 Å². The highest BCUT2D eigenvalue weighted by Crippen LogP contribution is 2.28. The molecule has 0 aliphatic carbocycles. The minimum Gasteiger partial charge on any atom is -0.353 e. The van der Waals surface area contributed by atoms with Crippen LogP contribution < -0.4 is 5.32 Å². The maximum Gasteiger partial charge on any atom is 0.230 e. The fourth-order valence-corrected chi connectivity index (χ4v) is 5.67. The van der Waals surface area contributed by atoms with Gasteiger partial charge in [-0.2, -0.15) is 5.26 Å². The zero-order chi connectivity index (χ0) is 23.2. The highest BCUT2D eigenvalue weighted by molar-refractivity contribution is 8.01. The molecular weight excluding hydrogens is 495 g/mol. The van der Waals surface area contributed by atoms with Gasteiger partial charge in [0, 0.05) is 36.6 Å². The number of benzene rings is 2. The Morgan fingerprint density at radius 2 is 1.94 bits per heavy atom. The van der Waals surface area contributed by atoms with Gasteiger partial charge in [0.1, 0.15) is 0 Å². The van der Waals surface area contributed by atoms with Crippen LogP contribution in [0.5, 0.6) is 0 Å². The molecule has 3 aromatic rings. The monoisotopic (exact) mass is 516 g/mol. The number of hydrogen-bond donors (Lipinski definition) is 1. The van der Waals surface area contributed by atoms with Gasteiger partial charge in [-0.1, -0.05) is 53.2 Å². The molecule has 0 spiro atoms. The summed E-state index contributed by atoms with van der Waals surface area (Å²) in [5.74, 6) is 0.391. The van der Waals surface area contributed by atoms with Crippen molar-refractivity contribution in [3.05, 3.63) is 69.0 Å². The zero-order valence-corrected chi connectivity index (χ0v) is 20.9. The van der Waals surface area contributed by atoms with Crippen LogP contribution in [0.15, 0.2) is 52.2 Å². The van der Waals surface area contributed by atoms with Crippen LogP contribution in [-0.2, 0) is 11.3 Å². The highest BCUT2D eigenvalue weighted by Gasteiger charge is 2.21. The molecule has 2 heterocycles. The van der Waals surface area contributed by atoms with E-state index in [4.69, 9.17) is 28.5 Å². The minimum absolute atomic E-state index is 0.0399. The number of carbonyl (C=O) groups is 1. The Balaban J connectivity index is 1.19. The van der Waals surface area contributed by atoms with E-state index >= 15 is 0 Å². The lowest BCUT2D eigenvalue weighted by molar-refractivity contribution is -0.119. The number of aromatic nitrogens is 1. The van der Waals surface area contributed by atoms with Crippen molar-refractivity contribution in [2.45, 2.75) is 29.8 Å². The lowest BCUT2D eigenvalue weighted by Crippen LogP contribution is -2.44. The van der Waals surface area contributed by atoms with Gasteiger partial charge in [-0.15, -0.1) is 11.3 Å². The van der Waals surface area contributed by atoms with E-state index in [0.717, 1.165) is 53.6 Å². The van der Waals surface area contributed by atoms with Gasteiger partial charge in [-0.3, -0.25) is 9.69 Å². The minimum atomic E-state index is 0.0399. The predicted molar refractivity (Wildman–Crippen MR) is 136 cm³/mol. The average molecular weight is 518 g/mol. The number of nitrogens with zero attached hydrogens (tertiary/aromatic N) is 3. The van der Waals surface area contributed by atoms with Crippen LogP contribution in [0.4, 0.5) is 0 Å². The molecule has 1 fully saturated rings. The quantitative estimate of drug-likeness (QED) is 0.398. The molecule has 1 N–H and O–H groups in total. The first-order valence-electron chi connectivity index (χ1n) is 10.5. The molecule has 0 atom stereocenters. The maximum atomic E-state index is 12.4. The Bertz CT molecular complexity index is 1150.